The summed E-state index contributed by atoms with van der Waals surface area (Å²) >= 11 is 0. The summed E-state index contributed by atoms with van der Waals surface area (Å²) in [7, 11) is 4.17. The first-order valence-corrected chi connectivity index (χ1v) is 15.4. The summed E-state index contributed by atoms with van der Waals surface area (Å²) in [4.78, 5) is 21.2. The molecule has 234 valence electrons. The van der Waals surface area contributed by atoms with E-state index in [1.54, 1.807) is 6.07 Å². The molecule has 4 aromatic rings. The van der Waals surface area contributed by atoms with Crippen LogP contribution in [0, 0.1) is 6.92 Å². The molecule has 0 radical (unpaired) electrons. The van der Waals surface area contributed by atoms with Gasteiger partial charge in [-0.2, -0.15) is 18.2 Å². The van der Waals surface area contributed by atoms with Gasteiger partial charge in [-0.1, -0.05) is 0 Å². The third kappa shape index (κ3) is 6.78. The Morgan fingerprint density at radius 2 is 1.77 bits per heavy atom. The molecule has 0 amide bonds. The zero-order valence-electron chi connectivity index (χ0n) is 25.0. The van der Waals surface area contributed by atoms with E-state index >= 15 is 0 Å². The van der Waals surface area contributed by atoms with E-state index in [9.17, 15) is 17.4 Å². The molecule has 3 heterocycles. The van der Waals surface area contributed by atoms with Crippen LogP contribution in [0.3, 0.4) is 0 Å². The van der Waals surface area contributed by atoms with Gasteiger partial charge in [-0.15, -0.1) is 0 Å². The van der Waals surface area contributed by atoms with Crippen LogP contribution in [-0.2, 0) is 17.2 Å². The molecule has 15 heteroatoms. The predicted molar refractivity (Wildman–Crippen MR) is 167 cm³/mol. The van der Waals surface area contributed by atoms with Crippen molar-refractivity contribution < 1.29 is 22.1 Å². The van der Waals surface area contributed by atoms with Crippen molar-refractivity contribution in [2.45, 2.75) is 32.0 Å². The van der Waals surface area contributed by atoms with Gasteiger partial charge in [0.1, 0.15) is 33.6 Å². The molecular formula is C29H34F3N9O2S. The third-order valence-corrected chi connectivity index (χ3v) is 8.03. The lowest BCUT2D eigenvalue weighted by Gasteiger charge is -2.37. The number of aryl methyl sites for hydroxylation is 1. The average Bonchev–Trinajstić information content (AvgIpc) is 2.98. The second-order valence-electron chi connectivity index (χ2n) is 10.7. The van der Waals surface area contributed by atoms with Crippen LogP contribution in [0.5, 0.6) is 5.75 Å². The third-order valence-electron chi connectivity index (χ3n) is 7.53. The van der Waals surface area contributed by atoms with Crippen molar-refractivity contribution in [2.24, 2.45) is 0 Å². The van der Waals surface area contributed by atoms with Crippen LogP contribution in [0.4, 0.5) is 47.7 Å². The monoisotopic (exact) mass is 629 g/mol. The molecule has 44 heavy (non-hydrogen) atoms. The molecule has 1 saturated heterocycles. The number of hydrogen-bond donors (Lipinski definition) is 3. The standard InChI is InChI=1S/C29H34F3N9O2S/c1-17-14-22(24(43-4)15-23(17)41-12-8-18(9-13-41)40(2)3)37-28-35-16-19(29(30,31)32)27(38-28)36-21-7-6-20-25(34-11-10-33-20)26(21)39-44(5)42/h6-7,10-11,14-16,18,39H,8-9,12-13H2,1-5H3,(H2,35,36,37,38). The number of rotatable bonds is 9. The average molecular weight is 630 g/mol. The maximum atomic E-state index is 14.1. The van der Waals surface area contributed by atoms with Gasteiger partial charge in [-0.3, -0.25) is 9.97 Å². The zero-order valence-corrected chi connectivity index (χ0v) is 25.8. The van der Waals surface area contributed by atoms with Crippen molar-refractivity contribution in [2.75, 3.05) is 60.8 Å². The second-order valence-corrected chi connectivity index (χ2v) is 11.8. The van der Waals surface area contributed by atoms with Gasteiger partial charge in [-0.25, -0.2) is 9.19 Å². The molecule has 0 saturated carbocycles. The summed E-state index contributed by atoms with van der Waals surface area (Å²) in [5.41, 5.74) is 2.65. The van der Waals surface area contributed by atoms with Gasteiger partial charge in [-0.05, 0) is 57.6 Å². The van der Waals surface area contributed by atoms with Crippen LogP contribution >= 0.6 is 0 Å². The van der Waals surface area contributed by atoms with Crippen molar-refractivity contribution in [3.05, 3.63) is 54.0 Å². The molecule has 0 aliphatic carbocycles. The molecular weight excluding hydrogens is 595 g/mol. The number of nitrogens with one attached hydrogen (secondary N) is 3. The highest BCUT2D eigenvalue weighted by atomic mass is 32.2. The Bertz CT molecular complexity index is 1680. The first-order chi connectivity index (χ1) is 20.9. The number of aromatic nitrogens is 4. The Hall–Kier alpha value is -4.24. The lowest BCUT2D eigenvalue weighted by molar-refractivity contribution is -0.137. The molecule has 1 atom stereocenters. The fourth-order valence-electron chi connectivity index (χ4n) is 5.29. The lowest BCUT2D eigenvalue weighted by Crippen LogP contribution is -2.42. The topological polar surface area (TPSA) is 120 Å². The molecule has 1 fully saturated rings. The molecule has 11 nitrogen and oxygen atoms in total. The van der Waals surface area contributed by atoms with Gasteiger partial charge in [0.15, 0.2) is 0 Å². The number of fused-ring (bicyclic) bond motifs is 1. The van der Waals surface area contributed by atoms with Crippen LogP contribution in [0.25, 0.3) is 11.0 Å². The van der Waals surface area contributed by atoms with Crippen LogP contribution in [0.1, 0.15) is 24.0 Å². The smallest absolute Gasteiger partial charge is 0.421 e. The first-order valence-electron chi connectivity index (χ1n) is 13.9. The predicted octanol–water partition coefficient (Wildman–Crippen LogP) is 5.48. The van der Waals surface area contributed by atoms with Crippen LogP contribution < -0.4 is 25.0 Å². The molecule has 0 spiro atoms. The normalized spacial score (nSPS) is 15.0. The van der Waals surface area contributed by atoms with Gasteiger partial charge in [0.05, 0.1) is 29.7 Å². The number of methoxy groups -OCH3 is 1. The summed E-state index contributed by atoms with van der Waals surface area (Å²) in [6, 6.07) is 7.46. The molecule has 5 rings (SSSR count). The van der Waals surface area contributed by atoms with Crippen LogP contribution in [0.15, 0.2) is 42.9 Å². The summed E-state index contributed by atoms with van der Waals surface area (Å²) in [5.74, 6) is -0.0745. The van der Waals surface area contributed by atoms with Crippen molar-refractivity contribution in [3.8, 4) is 5.75 Å². The summed E-state index contributed by atoms with van der Waals surface area (Å²) in [6.07, 6.45) is 2.37. The number of piperidine rings is 1. The molecule has 2 aromatic carbocycles. The maximum Gasteiger partial charge on any atom is 0.421 e. The number of halogens is 3. The quantitative estimate of drug-likeness (QED) is 0.220. The van der Waals surface area contributed by atoms with Gasteiger partial charge in [0, 0.05) is 55.7 Å². The van der Waals surface area contributed by atoms with E-state index in [0.717, 1.165) is 37.2 Å². The van der Waals surface area contributed by atoms with E-state index in [4.69, 9.17) is 4.74 Å². The van der Waals surface area contributed by atoms with E-state index in [1.165, 1.54) is 31.8 Å². The second kappa shape index (κ2) is 12.8. The lowest BCUT2D eigenvalue weighted by atomic mass is 10.0. The van der Waals surface area contributed by atoms with E-state index < -0.39 is 28.5 Å². The summed E-state index contributed by atoms with van der Waals surface area (Å²) < 4.78 is 62.7. The first kappa shape index (κ1) is 31.2. The zero-order chi connectivity index (χ0) is 31.6. The van der Waals surface area contributed by atoms with Crippen molar-refractivity contribution >= 4 is 56.5 Å². The van der Waals surface area contributed by atoms with E-state index in [-0.39, 0.29) is 17.3 Å². The van der Waals surface area contributed by atoms with Crippen molar-refractivity contribution in [1.29, 1.82) is 0 Å². The molecule has 1 unspecified atom stereocenters. The van der Waals surface area contributed by atoms with Crippen molar-refractivity contribution in [3.63, 3.8) is 0 Å². The van der Waals surface area contributed by atoms with Gasteiger partial charge in [0.25, 0.3) is 0 Å². The molecule has 1 aliphatic heterocycles. The number of ether oxygens (including phenoxy) is 1. The number of benzene rings is 2. The summed E-state index contributed by atoms with van der Waals surface area (Å²) in [5, 5.41) is 5.79. The fraction of sp³-hybridized carbons (Fsp3) is 0.379. The minimum Gasteiger partial charge on any atom is -0.494 e. The highest BCUT2D eigenvalue weighted by Crippen LogP contribution is 2.40. The Morgan fingerprint density at radius 3 is 2.43 bits per heavy atom. The number of hydrogen-bond acceptors (Lipinski definition) is 10. The molecule has 3 N–H and O–H groups in total. The van der Waals surface area contributed by atoms with Crippen LogP contribution in [0.2, 0.25) is 0 Å². The molecule has 1 aliphatic rings. The SMILES string of the molecule is COc1cc(N2CCC(N(C)C)CC2)c(C)cc1Nc1ncc(C(F)(F)F)c(Nc2ccc3nccnc3c2NS(C)=O)n1. The maximum absolute atomic E-state index is 14.1. The van der Waals surface area contributed by atoms with Crippen LogP contribution in [-0.4, -0.2) is 75.6 Å². The van der Waals surface area contributed by atoms with E-state index in [0.29, 0.717) is 34.7 Å². The number of nitrogens with zero attached hydrogens (tertiary/aromatic N) is 6. The Morgan fingerprint density at radius 1 is 1.05 bits per heavy atom. The highest BCUT2D eigenvalue weighted by molar-refractivity contribution is 7.85. The molecule has 2 aromatic heterocycles. The summed E-state index contributed by atoms with van der Waals surface area (Å²) in [6.45, 7) is 3.78. The fourth-order valence-corrected chi connectivity index (χ4v) is 5.78. The highest BCUT2D eigenvalue weighted by Gasteiger charge is 2.36. The number of alkyl halides is 3. The Labute approximate surface area is 255 Å². The van der Waals surface area contributed by atoms with Gasteiger partial charge in [0.2, 0.25) is 5.95 Å². The minimum atomic E-state index is -4.76. The Balaban J connectivity index is 1.48. The van der Waals surface area contributed by atoms with Crippen molar-refractivity contribution in [1.82, 2.24) is 24.8 Å². The minimum absolute atomic E-state index is 0.0769. The Kier molecular flexibility index (Phi) is 9.06. The molecule has 0 bridgehead atoms. The largest absolute Gasteiger partial charge is 0.494 e. The van der Waals surface area contributed by atoms with Gasteiger partial charge >= 0.3 is 6.18 Å². The van der Waals surface area contributed by atoms with E-state index in [2.05, 4.69) is 59.2 Å². The van der Waals surface area contributed by atoms with Gasteiger partial charge < -0.3 is 29.9 Å². The number of anilines is 6. The van der Waals surface area contributed by atoms with E-state index in [1.807, 2.05) is 19.1 Å².